The maximum atomic E-state index is 14.3. The molecule has 0 aliphatic carbocycles. The predicted octanol–water partition coefficient (Wildman–Crippen LogP) is 6.17. The molecule has 2 aliphatic heterocycles. The highest BCUT2D eigenvalue weighted by atomic mass is 32.2. The average Bonchev–Trinajstić information content (AvgIpc) is 4.35. The highest BCUT2D eigenvalue weighted by Crippen LogP contribution is 2.40. The topological polar surface area (TPSA) is 314 Å². The van der Waals surface area contributed by atoms with Gasteiger partial charge in [0.05, 0.1) is 47.3 Å². The molecule has 0 radical (unpaired) electrons. The van der Waals surface area contributed by atoms with Crippen LogP contribution in [0.4, 0.5) is 5.82 Å². The molecule has 8 heterocycles. The molecule has 9 rings (SSSR count). The zero-order chi connectivity index (χ0) is 55.9. The molecule has 0 saturated carbocycles. The van der Waals surface area contributed by atoms with E-state index in [1.807, 2.05) is 20.8 Å². The van der Waals surface area contributed by atoms with Gasteiger partial charge >= 0.3 is 0 Å². The van der Waals surface area contributed by atoms with Crippen LogP contribution in [0.2, 0.25) is 0 Å². The summed E-state index contributed by atoms with van der Waals surface area (Å²) in [5.74, 6) is -2.88. The molecule has 8 N–H and O–H groups in total. The van der Waals surface area contributed by atoms with E-state index in [-0.39, 0.29) is 55.2 Å². The van der Waals surface area contributed by atoms with E-state index in [2.05, 4.69) is 36.9 Å². The number of hydrogen-bond acceptors (Lipinski definition) is 22. The summed E-state index contributed by atoms with van der Waals surface area (Å²) in [5, 5.41) is 47.0. The van der Waals surface area contributed by atoms with Crippen molar-refractivity contribution in [1.82, 2.24) is 56.5 Å². The Morgan fingerprint density at radius 1 is 0.772 bits per heavy atom. The number of pyridine rings is 1. The lowest BCUT2D eigenvalue weighted by atomic mass is 10.0. The van der Waals surface area contributed by atoms with Crippen LogP contribution < -0.4 is 31.9 Å². The summed E-state index contributed by atoms with van der Waals surface area (Å²) in [4.78, 5) is 116. The van der Waals surface area contributed by atoms with Crippen molar-refractivity contribution in [2.75, 3.05) is 32.6 Å². The van der Waals surface area contributed by atoms with Gasteiger partial charge in [-0.1, -0.05) is 51.1 Å². The van der Waals surface area contributed by atoms with Gasteiger partial charge < -0.3 is 46.9 Å². The number of thioether (sulfide) groups is 1. The molecule has 0 saturated heterocycles. The molecule has 6 atom stereocenters. The third-order valence-electron chi connectivity index (χ3n) is 12.3. The smallest absolute Gasteiger partial charge is 0.271 e. The molecule has 22 nitrogen and oxygen atoms in total. The normalized spacial score (nSPS) is 19.4. The lowest BCUT2D eigenvalue weighted by Crippen LogP contribution is -2.43. The van der Waals surface area contributed by atoms with Crippen LogP contribution >= 0.6 is 68.4 Å². The van der Waals surface area contributed by atoms with Crippen LogP contribution in [0.15, 0.2) is 69.0 Å². The fraction of sp³-hybridized carbons (Fsp3) is 0.353. The molecule has 10 bridgehead atoms. The highest BCUT2D eigenvalue weighted by Gasteiger charge is 2.39. The molecule has 1 aromatic carbocycles. The number of methoxy groups -OCH3 is 1. The van der Waals surface area contributed by atoms with Crippen molar-refractivity contribution in [3.05, 3.63) is 95.8 Å². The number of nitrogens with one attached hydrogen (secondary N) is 6. The number of aliphatic hydroxyl groups excluding tert-OH is 2. The van der Waals surface area contributed by atoms with Crippen molar-refractivity contribution in [2.24, 2.45) is 10.9 Å². The number of anilines is 1. The summed E-state index contributed by atoms with van der Waals surface area (Å²) >= 11 is 7.37. The Morgan fingerprint density at radius 3 is 2.27 bits per heavy atom. The minimum atomic E-state index is -1.27. The zero-order valence-corrected chi connectivity index (χ0v) is 47.9. The first-order chi connectivity index (χ1) is 38.1. The monoisotopic (exact) mass is 1180 g/mol. The summed E-state index contributed by atoms with van der Waals surface area (Å²) in [6.07, 6.45) is -1.03. The highest BCUT2D eigenvalue weighted by molar-refractivity contribution is 8.15. The first-order valence-corrected chi connectivity index (χ1v) is 29.9. The van der Waals surface area contributed by atoms with Crippen LogP contribution in [0.5, 0.6) is 0 Å². The summed E-state index contributed by atoms with van der Waals surface area (Å²) in [6.45, 7) is 5.02. The number of hydrogen-bond donors (Lipinski definition) is 8. The lowest BCUT2D eigenvalue weighted by molar-refractivity contribution is -0.123. The van der Waals surface area contributed by atoms with Gasteiger partial charge in [-0.05, 0) is 30.0 Å². The number of rotatable bonds is 12. The van der Waals surface area contributed by atoms with Gasteiger partial charge in [-0.25, -0.2) is 29.9 Å². The second kappa shape index (κ2) is 25.6. The number of fused-ring (bicyclic) bond motifs is 13. The fourth-order valence-corrected chi connectivity index (χ4v) is 14.0. The van der Waals surface area contributed by atoms with Crippen molar-refractivity contribution in [2.45, 2.75) is 82.2 Å². The predicted molar refractivity (Wildman–Crippen MR) is 305 cm³/mol. The van der Waals surface area contributed by atoms with Crippen LogP contribution in [-0.4, -0.2) is 125 Å². The maximum Gasteiger partial charge on any atom is 0.271 e. The molecule has 2 aliphatic rings. The molecule has 7 aromatic rings. The van der Waals surface area contributed by atoms with Crippen molar-refractivity contribution < 1.29 is 43.7 Å². The van der Waals surface area contributed by atoms with E-state index in [9.17, 15) is 39.0 Å². The Bertz CT molecular complexity index is 3410. The van der Waals surface area contributed by atoms with E-state index in [1.54, 1.807) is 64.0 Å². The molecule has 79 heavy (non-hydrogen) atoms. The average molecular weight is 1180 g/mol. The van der Waals surface area contributed by atoms with E-state index < -0.39 is 65.7 Å². The quantitative estimate of drug-likeness (QED) is 0.0678. The minimum Gasteiger partial charge on any atom is -0.396 e. The zero-order valence-electron chi connectivity index (χ0n) is 43.0. The summed E-state index contributed by atoms with van der Waals surface area (Å²) in [5.41, 5.74) is 2.78. The molecular weight excluding hydrogens is 1130 g/mol. The third-order valence-corrected chi connectivity index (χ3v) is 18.3. The lowest BCUT2D eigenvalue weighted by Gasteiger charge is -2.23. The number of nitrogens with zero attached hydrogens (tertiary/aromatic N) is 7. The Morgan fingerprint density at radius 2 is 1.51 bits per heavy atom. The SMILES string of the molecule is CNC(=O)C[C@@H]1NC(=O)c2csc(n2)-c2ccc(-c3nc(NC(=O)CCCO)cs3)nc2-c2csc(n2)-c2csc(n2)[C@H]([C@@H](O)c2ccccc2)NC(=O)CNC(=O)c2nc(sc2COC)[C@H](C(C)C)NC(=O)C2N=C1SC2C. The first kappa shape index (κ1) is 56.9. The molecule has 0 spiro atoms. The molecular formula is C51H53N13O9S6. The number of carbonyl (C=O) groups excluding carboxylic acids is 6. The van der Waals surface area contributed by atoms with Crippen molar-refractivity contribution >= 4 is 115 Å². The van der Waals surface area contributed by atoms with E-state index in [4.69, 9.17) is 34.6 Å². The number of carbonyl (C=O) groups is 6. The van der Waals surface area contributed by atoms with Crippen molar-refractivity contribution in [3.63, 3.8) is 0 Å². The van der Waals surface area contributed by atoms with Gasteiger partial charge in [-0.2, -0.15) is 0 Å². The van der Waals surface area contributed by atoms with Crippen LogP contribution in [0.1, 0.15) is 99.7 Å². The largest absolute Gasteiger partial charge is 0.396 e. The van der Waals surface area contributed by atoms with Gasteiger partial charge in [0.15, 0.2) is 0 Å². The molecule has 0 fully saturated rings. The maximum absolute atomic E-state index is 14.3. The third kappa shape index (κ3) is 13.3. The Labute approximate surface area is 476 Å². The van der Waals surface area contributed by atoms with Crippen molar-refractivity contribution in [1.29, 1.82) is 0 Å². The Kier molecular flexibility index (Phi) is 18.4. The van der Waals surface area contributed by atoms with E-state index in [0.717, 1.165) is 0 Å². The minimum absolute atomic E-state index is 0.0134. The summed E-state index contributed by atoms with van der Waals surface area (Å²) in [7, 11) is 2.96. The van der Waals surface area contributed by atoms with Gasteiger partial charge in [-0.3, -0.25) is 33.8 Å². The molecule has 412 valence electrons. The van der Waals surface area contributed by atoms with Gasteiger partial charge in [-0.15, -0.1) is 68.4 Å². The second-order valence-electron chi connectivity index (χ2n) is 18.4. The number of benzene rings is 1. The van der Waals surface area contributed by atoms with Crippen LogP contribution in [0.25, 0.3) is 43.4 Å². The van der Waals surface area contributed by atoms with Gasteiger partial charge in [0.1, 0.15) is 77.5 Å². The Hall–Kier alpha value is -6.76. The molecule has 6 aromatic heterocycles. The van der Waals surface area contributed by atoms with E-state index >= 15 is 0 Å². The van der Waals surface area contributed by atoms with Crippen LogP contribution in [-0.2, 0) is 30.5 Å². The van der Waals surface area contributed by atoms with E-state index in [0.29, 0.717) is 81.1 Å². The summed E-state index contributed by atoms with van der Waals surface area (Å²) in [6, 6.07) is 8.71. The van der Waals surface area contributed by atoms with Crippen LogP contribution in [0, 0.1) is 5.92 Å². The Balaban J connectivity index is 1.12. The summed E-state index contributed by atoms with van der Waals surface area (Å²) < 4.78 is 5.45. The molecule has 6 amide bonds. The first-order valence-electron chi connectivity index (χ1n) is 24.7. The fourth-order valence-electron chi connectivity index (χ4n) is 8.31. The van der Waals surface area contributed by atoms with Crippen LogP contribution in [0.3, 0.4) is 0 Å². The molecule has 2 unspecified atom stereocenters. The number of thiazole rings is 5. The number of aromatic nitrogens is 6. The number of aliphatic hydroxyl groups is 2. The standard InChI is InChI=1S/C51H53N13O9S6/c1-23(2)37-51-64-40(32(79-51)18-73-5)44(71)53-17-36(68)61-41(42(69)25-10-7-6-8-11-25)50-58-31(21-76-50)48-56-29(19-75-48)39-26(13-14-27(54-39)47-60-33(22-77-47)59-34(66)12-9-15-65)46-57-30(20-74-46)43(70)55-28(16-35(67)52-4)49-63-38(24(3)78-49)45(72)62-37/h6-8,10-11,13-14,19-24,28,37-38,41-42,65,69H,9,12,15-18H2,1-5H3,(H,52,67)(H,53,71)(H,55,70)(H,59,66)(H,61,68)(H,62,72)/t24?,28-,37-,38?,41-,42-/m0/s1. The van der Waals surface area contributed by atoms with Gasteiger partial charge in [0.25, 0.3) is 11.8 Å². The molecule has 28 heteroatoms. The second-order valence-corrected chi connectivity index (χ2v) is 24.3. The van der Waals surface area contributed by atoms with E-state index in [1.165, 1.54) is 82.6 Å². The van der Waals surface area contributed by atoms with Gasteiger partial charge in [0, 0.05) is 59.5 Å². The number of ether oxygens (including phenoxy) is 1. The number of amides is 6. The van der Waals surface area contributed by atoms with Crippen molar-refractivity contribution in [3.8, 4) is 43.4 Å². The number of aliphatic imine (C=N–C) groups is 1. The van der Waals surface area contributed by atoms with Gasteiger partial charge in [0.2, 0.25) is 23.6 Å².